The van der Waals surface area contributed by atoms with Gasteiger partial charge in [-0.05, 0) is 39.9 Å². The quantitative estimate of drug-likeness (QED) is 0.402. The molecule has 1 heteroatoms. The molecule has 2 radical (unpaired) electrons. The lowest BCUT2D eigenvalue weighted by Gasteiger charge is -2.05. The largest absolute Gasteiger partial charge is 0.114 e. The molecule has 0 aliphatic heterocycles. The summed E-state index contributed by atoms with van der Waals surface area (Å²) in [5.74, 6) is 0. The van der Waals surface area contributed by atoms with Crippen molar-refractivity contribution < 1.29 is 0 Å². The zero-order valence-electron chi connectivity index (χ0n) is 10.2. The normalized spacial score (nSPS) is 11.8. The zero-order chi connectivity index (χ0) is 12.3. The highest BCUT2D eigenvalue weighted by Crippen LogP contribution is 2.46. The van der Waals surface area contributed by atoms with E-state index < -0.39 is 0 Å². The van der Waals surface area contributed by atoms with Crippen molar-refractivity contribution in [1.29, 1.82) is 0 Å². The molecule has 3 aromatic rings. The van der Waals surface area contributed by atoms with Crippen LogP contribution in [0.2, 0.25) is 0 Å². The van der Waals surface area contributed by atoms with E-state index in [4.69, 9.17) is 7.85 Å². The van der Waals surface area contributed by atoms with Crippen LogP contribution < -0.4 is 5.46 Å². The first-order chi connectivity index (χ1) is 8.75. The van der Waals surface area contributed by atoms with Crippen LogP contribution in [0.1, 0.15) is 5.56 Å². The van der Waals surface area contributed by atoms with E-state index in [1.54, 1.807) is 0 Å². The van der Waals surface area contributed by atoms with Crippen LogP contribution in [-0.4, -0.2) is 7.85 Å². The van der Waals surface area contributed by atoms with Crippen molar-refractivity contribution in [3.05, 3.63) is 54.1 Å². The summed E-state index contributed by atoms with van der Waals surface area (Å²) >= 11 is 0. The van der Waals surface area contributed by atoms with Crippen LogP contribution in [0.4, 0.5) is 0 Å². The van der Waals surface area contributed by atoms with Gasteiger partial charge < -0.3 is 0 Å². The lowest BCUT2D eigenvalue weighted by atomic mass is 9.88. The SMILES string of the molecule is [B]c1ccc2c3c(cccc13)-c1cc(C)ccc1-2. The Morgan fingerprint density at radius 1 is 0.778 bits per heavy atom. The van der Waals surface area contributed by atoms with Crippen LogP contribution in [0.3, 0.4) is 0 Å². The van der Waals surface area contributed by atoms with E-state index in [1.165, 1.54) is 38.6 Å². The Balaban J connectivity index is 2.26. The first kappa shape index (κ1) is 9.96. The van der Waals surface area contributed by atoms with E-state index in [0.29, 0.717) is 0 Å². The Morgan fingerprint density at radius 3 is 2.44 bits per heavy atom. The molecule has 4 rings (SSSR count). The molecule has 82 valence electrons. The van der Waals surface area contributed by atoms with Crippen molar-refractivity contribution in [3.8, 4) is 22.3 Å². The van der Waals surface area contributed by atoms with Crippen LogP contribution >= 0.6 is 0 Å². The maximum Gasteiger partial charge on any atom is 0.114 e. The summed E-state index contributed by atoms with van der Waals surface area (Å²) < 4.78 is 0. The molecular formula is C17H11B. The van der Waals surface area contributed by atoms with Gasteiger partial charge in [-0.1, -0.05) is 59.6 Å². The van der Waals surface area contributed by atoms with Crippen molar-refractivity contribution in [1.82, 2.24) is 0 Å². The molecule has 0 fully saturated rings. The van der Waals surface area contributed by atoms with E-state index in [2.05, 4.69) is 49.4 Å². The van der Waals surface area contributed by atoms with E-state index in [0.717, 1.165) is 5.46 Å². The maximum atomic E-state index is 6.09. The molecule has 0 nitrogen and oxygen atoms in total. The van der Waals surface area contributed by atoms with Crippen molar-refractivity contribution in [3.63, 3.8) is 0 Å². The fourth-order valence-electron chi connectivity index (χ4n) is 2.99. The van der Waals surface area contributed by atoms with Crippen LogP contribution in [0.25, 0.3) is 33.0 Å². The fraction of sp³-hybridized carbons (Fsp3) is 0.0588. The molecule has 0 saturated carbocycles. The summed E-state index contributed by atoms with van der Waals surface area (Å²) in [6, 6.07) is 17.2. The highest BCUT2D eigenvalue weighted by molar-refractivity contribution is 6.40. The summed E-state index contributed by atoms with van der Waals surface area (Å²) in [6.07, 6.45) is 0. The average molecular weight is 226 g/mol. The molecule has 3 aromatic carbocycles. The predicted octanol–water partition coefficient (Wildman–Crippen LogP) is 3.59. The molecule has 0 amide bonds. The van der Waals surface area contributed by atoms with Gasteiger partial charge in [0, 0.05) is 0 Å². The molecule has 1 aliphatic rings. The molecule has 0 spiro atoms. The first-order valence-corrected chi connectivity index (χ1v) is 6.18. The van der Waals surface area contributed by atoms with E-state index in [-0.39, 0.29) is 0 Å². The molecule has 0 aromatic heterocycles. The number of hydrogen-bond donors (Lipinski definition) is 0. The molecule has 0 bridgehead atoms. The molecule has 0 saturated heterocycles. The third-order valence-electron chi connectivity index (χ3n) is 3.83. The number of aryl methyl sites for hydroxylation is 1. The lowest BCUT2D eigenvalue weighted by Crippen LogP contribution is -2.02. The second-order valence-corrected chi connectivity index (χ2v) is 4.98. The van der Waals surface area contributed by atoms with Crippen LogP contribution in [-0.2, 0) is 0 Å². The standard InChI is InChI=1S/C17H11B/c1-10-5-6-11-13-7-8-16(18)14-4-2-3-12(17(13)14)15(11)9-10/h2-9H,1H3. The summed E-state index contributed by atoms with van der Waals surface area (Å²) in [7, 11) is 6.09. The second kappa shape index (κ2) is 3.26. The third-order valence-corrected chi connectivity index (χ3v) is 3.83. The Bertz CT molecular complexity index is 800. The maximum absolute atomic E-state index is 6.09. The van der Waals surface area contributed by atoms with Crippen molar-refractivity contribution in [2.45, 2.75) is 6.92 Å². The van der Waals surface area contributed by atoms with E-state index in [1.807, 2.05) is 6.07 Å². The number of hydrogen-bond acceptors (Lipinski definition) is 0. The van der Waals surface area contributed by atoms with E-state index >= 15 is 0 Å². The summed E-state index contributed by atoms with van der Waals surface area (Å²) in [5.41, 5.74) is 7.44. The predicted molar refractivity (Wildman–Crippen MR) is 78.5 cm³/mol. The summed E-state index contributed by atoms with van der Waals surface area (Å²) in [4.78, 5) is 0. The van der Waals surface area contributed by atoms with Gasteiger partial charge in [0.15, 0.2) is 0 Å². The Morgan fingerprint density at radius 2 is 1.56 bits per heavy atom. The van der Waals surface area contributed by atoms with Gasteiger partial charge in [-0.2, -0.15) is 0 Å². The van der Waals surface area contributed by atoms with Gasteiger partial charge in [0.25, 0.3) is 0 Å². The summed E-state index contributed by atoms with van der Waals surface area (Å²) in [5, 5.41) is 2.47. The van der Waals surface area contributed by atoms with Gasteiger partial charge in [0.2, 0.25) is 0 Å². The third kappa shape index (κ3) is 1.12. The molecule has 1 aliphatic carbocycles. The van der Waals surface area contributed by atoms with Crippen molar-refractivity contribution in [2.75, 3.05) is 0 Å². The Labute approximate surface area is 108 Å². The van der Waals surface area contributed by atoms with Crippen molar-refractivity contribution in [2.24, 2.45) is 0 Å². The van der Waals surface area contributed by atoms with Gasteiger partial charge in [-0.25, -0.2) is 0 Å². The molecule has 0 N–H and O–H groups in total. The monoisotopic (exact) mass is 226 g/mol. The number of fused-ring (bicyclic) bond motifs is 3. The number of benzene rings is 3. The topological polar surface area (TPSA) is 0 Å². The Kier molecular flexibility index (Phi) is 1.80. The smallest absolute Gasteiger partial charge is 0.0889 e. The van der Waals surface area contributed by atoms with Crippen molar-refractivity contribution >= 4 is 24.1 Å². The van der Waals surface area contributed by atoms with E-state index in [9.17, 15) is 0 Å². The molecule has 0 heterocycles. The highest BCUT2D eigenvalue weighted by Gasteiger charge is 2.21. The van der Waals surface area contributed by atoms with Crippen LogP contribution in [0.5, 0.6) is 0 Å². The van der Waals surface area contributed by atoms with Gasteiger partial charge in [0.1, 0.15) is 7.85 Å². The van der Waals surface area contributed by atoms with Gasteiger partial charge in [-0.15, -0.1) is 0 Å². The minimum atomic E-state index is 0.861. The lowest BCUT2D eigenvalue weighted by molar-refractivity contribution is 1.48. The van der Waals surface area contributed by atoms with Gasteiger partial charge >= 0.3 is 0 Å². The Hall–Kier alpha value is -2.02. The minimum Gasteiger partial charge on any atom is -0.0889 e. The number of rotatable bonds is 0. The molecule has 0 atom stereocenters. The second-order valence-electron chi connectivity index (χ2n) is 4.98. The molecule has 0 unspecified atom stereocenters. The highest BCUT2D eigenvalue weighted by atomic mass is 14.2. The van der Waals surface area contributed by atoms with Gasteiger partial charge in [-0.3, -0.25) is 0 Å². The van der Waals surface area contributed by atoms with Crippen LogP contribution in [0.15, 0.2) is 48.5 Å². The minimum absolute atomic E-state index is 0.861. The molecule has 18 heavy (non-hydrogen) atoms. The first-order valence-electron chi connectivity index (χ1n) is 6.18. The zero-order valence-corrected chi connectivity index (χ0v) is 10.2. The van der Waals surface area contributed by atoms with Crippen LogP contribution in [0, 0.1) is 6.92 Å². The molecular weight excluding hydrogens is 215 g/mol. The summed E-state index contributed by atoms with van der Waals surface area (Å²) in [6.45, 7) is 2.14. The fourth-order valence-corrected chi connectivity index (χ4v) is 2.99. The average Bonchev–Trinajstić information content (AvgIpc) is 2.69. The van der Waals surface area contributed by atoms with Gasteiger partial charge in [0.05, 0.1) is 0 Å².